The smallest absolute Gasteiger partial charge is 0.253 e. The van der Waals surface area contributed by atoms with E-state index >= 15 is 0 Å². The first-order valence-electron chi connectivity index (χ1n) is 11.0. The van der Waals surface area contributed by atoms with Gasteiger partial charge in [0, 0.05) is 30.8 Å². The lowest BCUT2D eigenvalue weighted by Gasteiger charge is -2.23. The van der Waals surface area contributed by atoms with Crippen LogP contribution in [0.3, 0.4) is 0 Å². The summed E-state index contributed by atoms with van der Waals surface area (Å²) >= 11 is 0. The molecule has 2 N–H and O–H groups in total. The highest BCUT2D eigenvalue weighted by molar-refractivity contribution is 5.97. The molecule has 31 heavy (non-hydrogen) atoms. The van der Waals surface area contributed by atoms with Crippen molar-refractivity contribution in [2.75, 3.05) is 13.1 Å². The maximum absolute atomic E-state index is 12.8. The summed E-state index contributed by atoms with van der Waals surface area (Å²) in [5, 5.41) is 5.80. The van der Waals surface area contributed by atoms with Gasteiger partial charge in [-0.25, -0.2) is 0 Å². The molecule has 2 atom stereocenters. The van der Waals surface area contributed by atoms with Gasteiger partial charge in [-0.15, -0.1) is 0 Å². The van der Waals surface area contributed by atoms with Crippen LogP contribution in [0.2, 0.25) is 0 Å². The van der Waals surface area contributed by atoms with Crippen LogP contribution in [0.5, 0.6) is 0 Å². The normalized spacial score (nSPS) is 15.2. The molecule has 0 aromatic heterocycles. The number of likely N-dealkylation sites (tertiary alicyclic amines) is 1. The first-order chi connectivity index (χ1) is 15.0. The Kier molecular flexibility index (Phi) is 7.82. The molecule has 0 aliphatic carbocycles. The minimum atomic E-state index is -0.617. The number of hydrogen-bond acceptors (Lipinski definition) is 3. The van der Waals surface area contributed by atoms with E-state index in [-0.39, 0.29) is 23.6 Å². The van der Waals surface area contributed by atoms with Gasteiger partial charge in [-0.2, -0.15) is 0 Å². The molecule has 2 unspecified atom stereocenters. The fourth-order valence-corrected chi connectivity index (χ4v) is 3.68. The fourth-order valence-electron chi connectivity index (χ4n) is 3.68. The zero-order valence-electron chi connectivity index (χ0n) is 18.3. The van der Waals surface area contributed by atoms with Crippen LogP contribution in [0.1, 0.15) is 59.4 Å². The molecule has 0 bridgehead atoms. The summed E-state index contributed by atoms with van der Waals surface area (Å²) in [6.45, 7) is 5.93. The average molecular weight is 422 g/mol. The lowest BCUT2D eigenvalue weighted by Crippen LogP contribution is -2.50. The van der Waals surface area contributed by atoms with Crippen molar-refractivity contribution in [2.45, 2.75) is 45.7 Å². The van der Waals surface area contributed by atoms with E-state index in [0.29, 0.717) is 17.7 Å². The highest BCUT2D eigenvalue weighted by atomic mass is 16.2. The van der Waals surface area contributed by atoms with Crippen molar-refractivity contribution < 1.29 is 14.4 Å². The highest BCUT2D eigenvalue weighted by Crippen LogP contribution is 2.14. The van der Waals surface area contributed by atoms with Crippen LogP contribution in [0.15, 0.2) is 54.6 Å². The van der Waals surface area contributed by atoms with Crippen LogP contribution in [0.25, 0.3) is 0 Å². The molecule has 1 aliphatic rings. The Morgan fingerprint density at radius 3 is 2.19 bits per heavy atom. The standard InChI is InChI=1S/C25H31N3O3/c1-3-18(2)22(27-23(29)20-9-5-4-6-10-20)24(30)26-17-19-11-13-21(14-12-19)25(31)28-15-7-8-16-28/h4-6,9-14,18,22H,3,7-8,15-17H2,1-2H3,(H,26,30)(H,27,29). The van der Waals surface area contributed by atoms with Gasteiger partial charge in [0.15, 0.2) is 0 Å². The number of rotatable bonds is 8. The largest absolute Gasteiger partial charge is 0.350 e. The summed E-state index contributed by atoms with van der Waals surface area (Å²) in [5.41, 5.74) is 2.11. The molecule has 1 fully saturated rings. The van der Waals surface area contributed by atoms with Crippen LogP contribution in [0.4, 0.5) is 0 Å². The van der Waals surface area contributed by atoms with E-state index in [9.17, 15) is 14.4 Å². The van der Waals surface area contributed by atoms with Crippen LogP contribution in [0, 0.1) is 5.92 Å². The fraction of sp³-hybridized carbons (Fsp3) is 0.400. The minimum absolute atomic E-state index is 0.00637. The Hall–Kier alpha value is -3.15. The molecule has 6 heteroatoms. The van der Waals surface area contributed by atoms with Crippen LogP contribution in [-0.2, 0) is 11.3 Å². The van der Waals surface area contributed by atoms with E-state index in [1.807, 2.05) is 49.1 Å². The van der Waals surface area contributed by atoms with Crippen LogP contribution >= 0.6 is 0 Å². The topological polar surface area (TPSA) is 78.5 Å². The molecule has 3 amide bonds. The maximum Gasteiger partial charge on any atom is 0.253 e. The summed E-state index contributed by atoms with van der Waals surface area (Å²) in [7, 11) is 0. The summed E-state index contributed by atoms with van der Waals surface area (Å²) in [6.07, 6.45) is 2.89. The lowest BCUT2D eigenvalue weighted by atomic mass is 9.97. The van der Waals surface area contributed by atoms with Gasteiger partial charge < -0.3 is 15.5 Å². The van der Waals surface area contributed by atoms with Gasteiger partial charge in [0.25, 0.3) is 11.8 Å². The molecule has 0 spiro atoms. The summed E-state index contributed by atoms with van der Waals surface area (Å²) in [4.78, 5) is 39.7. The molecule has 1 saturated heterocycles. The van der Waals surface area contributed by atoms with E-state index in [1.165, 1.54) is 0 Å². The molecule has 6 nitrogen and oxygen atoms in total. The first kappa shape index (κ1) is 22.5. The van der Waals surface area contributed by atoms with Gasteiger partial charge in [0.1, 0.15) is 6.04 Å². The first-order valence-corrected chi connectivity index (χ1v) is 11.0. The number of hydrogen-bond donors (Lipinski definition) is 2. The lowest BCUT2D eigenvalue weighted by molar-refractivity contribution is -0.124. The van der Waals surface area contributed by atoms with Gasteiger partial charge >= 0.3 is 0 Å². The number of nitrogens with zero attached hydrogens (tertiary/aromatic N) is 1. The predicted octanol–water partition coefficient (Wildman–Crippen LogP) is 3.38. The Balaban J connectivity index is 1.58. The molecule has 0 saturated carbocycles. The van der Waals surface area contributed by atoms with Gasteiger partial charge in [-0.3, -0.25) is 14.4 Å². The molecular formula is C25H31N3O3. The molecule has 2 aromatic rings. The minimum Gasteiger partial charge on any atom is -0.350 e. The SMILES string of the molecule is CCC(C)C(NC(=O)c1ccccc1)C(=O)NCc1ccc(C(=O)N2CCCC2)cc1. The monoisotopic (exact) mass is 421 g/mol. The van der Waals surface area contributed by atoms with E-state index in [2.05, 4.69) is 10.6 Å². The second kappa shape index (κ2) is 10.8. The number of nitrogens with one attached hydrogen (secondary N) is 2. The molecule has 1 heterocycles. The summed E-state index contributed by atoms with van der Waals surface area (Å²) in [6, 6.07) is 15.6. The van der Waals surface area contributed by atoms with Crippen molar-refractivity contribution in [3.63, 3.8) is 0 Å². The zero-order chi connectivity index (χ0) is 22.2. The number of amides is 3. The van der Waals surface area contributed by atoms with Crippen molar-refractivity contribution >= 4 is 17.7 Å². The van der Waals surface area contributed by atoms with E-state index in [1.54, 1.807) is 24.3 Å². The Morgan fingerprint density at radius 1 is 0.935 bits per heavy atom. The predicted molar refractivity (Wildman–Crippen MR) is 121 cm³/mol. The third kappa shape index (κ3) is 5.94. The number of carbonyl (C=O) groups excluding carboxylic acids is 3. The van der Waals surface area contributed by atoms with Crippen molar-refractivity contribution in [1.29, 1.82) is 0 Å². The summed E-state index contributed by atoms with van der Waals surface area (Å²) in [5.74, 6) is -0.414. The molecule has 2 aromatic carbocycles. The van der Waals surface area contributed by atoms with Crippen LogP contribution < -0.4 is 10.6 Å². The third-order valence-electron chi connectivity index (χ3n) is 5.88. The van der Waals surface area contributed by atoms with Crippen molar-refractivity contribution in [2.24, 2.45) is 5.92 Å². The Labute approximate surface area is 184 Å². The number of carbonyl (C=O) groups is 3. The van der Waals surface area contributed by atoms with E-state index in [4.69, 9.17) is 0 Å². The van der Waals surface area contributed by atoms with Crippen molar-refractivity contribution in [3.8, 4) is 0 Å². The van der Waals surface area contributed by atoms with Gasteiger partial charge in [0.2, 0.25) is 5.91 Å². The highest BCUT2D eigenvalue weighted by Gasteiger charge is 2.26. The van der Waals surface area contributed by atoms with Crippen molar-refractivity contribution in [1.82, 2.24) is 15.5 Å². The van der Waals surface area contributed by atoms with E-state index in [0.717, 1.165) is 37.9 Å². The molecule has 1 aliphatic heterocycles. The van der Waals surface area contributed by atoms with E-state index < -0.39 is 6.04 Å². The molecule has 3 rings (SSSR count). The molecule has 164 valence electrons. The number of benzene rings is 2. The van der Waals surface area contributed by atoms with Gasteiger partial charge in [0.05, 0.1) is 0 Å². The second-order valence-electron chi connectivity index (χ2n) is 8.12. The Bertz CT molecular complexity index is 890. The van der Waals surface area contributed by atoms with Gasteiger partial charge in [-0.1, -0.05) is 50.6 Å². The molecule has 0 radical (unpaired) electrons. The second-order valence-corrected chi connectivity index (χ2v) is 8.12. The average Bonchev–Trinajstić information content (AvgIpc) is 3.36. The molecular weight excluding hydrogens is 390 g/mol. The zero-order valence-corrected chi connectivity index (χ0v) is 18.3. The Morgan fingerprint density at radius 2 is 1.58 bits per heavy atom. The van der Waals surface area contributed by atoms with Crippen molar-refractivity contribution in [3.05, 3.63) is 71.3 Å². The quantitative estimate of drug-likeness (QED) is 0.686. The third-order valence-corrected chi connectivity index (χ3v) is 5.88. The maximum atomic E-state index is 12.8. The summed E-state index contributed by atoms with van der Waals surface area (Å²) < 4.78 is 0. The van der Waals surface area contributed by atoms with Gasteiger partial charge in [-0.05, 0) is 48.6 Å². The van der Waals surface area contributed by atoms with Crippen LogP contribution in [-0.4, -0.2) is 41.8 Å².